The molecule has 0 bridgehead atoms. The first-order chi connectivity index (χ1) is 6.71. The Morgan fingerprint density at radius 2 is 1.79 bits per heavy atom. The molecule has 0 amide bonds. The Bertz CT molecular complexity index is 153. The third kappa shape index (κ3) is 2.92. The Labute approximate surface area is 85.8 Å². The van der Waals surface area contributed by atoms with E-state index in [4.69, 9.17) is 9.47 Å². The number of methoxy groups -OCH3 is 2. The molecule has 3 atom stereocenters. The third-order valence-corrected chi connectivity index (χ3v) is 2.84. The van der Waals surface area contributed by atoms with Crippen LogP contribution in [-0.4, -0.2) is 62.2 Å². The SMILES string of the molecule is CCC(O)CN1CC(OC)C(OC)C1. The van der Waals surface area contributed by atoms with Crippen molar-refractivity contribution in [1.82, 2.24) is 4.90 Å². The van der Waals surface area contributed by atoms with Gasteiger partial charge in [-0.1, -0.05) is 6.92 Å². The molecule has 1 saturated heterocycles. The van der Waals surface area contributed by atoms with Gasteiger partial charge in [-0.15, -0.1) is 0 Å². The largest absolute Gasteiger partial charge is 0.392 e. The summed E-state index contributed by atoms with van der Waals surface area (Å²) in [5, 5.41) is 9.51. The quantitative estimate of drug-likeness (QED) is 0.688. The maximum Gasteiger partial charge on any atom is 0.0971 e. The lowest BCUT2D eigenvalue weighted by Crippen LogP contribution is -2.31. The lowest BCUT2D eigenvalue weighted by atomic mass is 10.2. The van der Waals surface area contributed by atoms with E-state index in [0.29, 0.717) is 0 Å². The molecule has 4 nitrogen and oxygen atoms in total. The molecule has 84 valence electrons. The van der Waals surface area contributed by atoms with Crippen LogP contribution in [0, 0.1) is 0 Å². The van der Waals surface area contributed by atoms with Gasteiger partial charge >= 0.3 is 0 Å². The van der Waals surface area contributed by atoms with Gasteiger partial charge in [0.25, 0.3) is 0 Å². The van der Waals surface area contributed by atoms with Crippen LogP contribution >= 0.6 is 0 Å². The average molecular weight is 203 g/mol. The summed E-state index contributed by atoms with van der Waals surface area (Å²) in [6.07, 6.45) is 0.849. The van der Waals surface area contributed by atoms with Gasteiger partial charge in [0, 0.05) is 33.9 Å². The zero-order valence-electron chi connectivity index (χ0n) is 9.27. The van der Waals surface area contributed by atoms with Crippen molar-refractivity contribution in [2.24, 2.45) is 0 Å². The second kappa shape index (κ2) is 5.66. The molecular weight excluding hydrogens is 182 g/mol. The van der Waals surface area contributed by atoms with Crippen LogP contribution < -0.4 is 0 Å². The Morgan fingerprint density at radius 3 is 2.14 bits per heavy atom. The van der Waals surface area contributed by atoms with E-state index in [9.17, 15) is 5.11 Å². The number of aliphatic hydroxyl groups is 1. The Hall–Kier alpha value is -0.160. The van der Waals surface area contributed by atoms with Gasteiger partial charge in [-0.2, -0.15) is 0 Å². The number of hydrogen-bond acceptors (Lipinski definition) is 4. The summed E-state index contributed by atoms with van der Waals surface area (Å²) in [4.78, 5) is 2.19. The van der Waals surface area contributed by atoms with Crippen molar-refractivity contribution in [2.45, 2.75) is 31.7 Å². The predicted molar refractivity (Wildman–Crippen MR) is 54.3 cm³/mol. The van der Waals surface area contributed by atoms with Crippen molar-refractivity contribution < 1.29 is 14.6 Å². The van der Waals surface area contributed by atoms with Crippen LogP contribution in [0.3, 0.4) is 0 Å². The van der Waals surface area contributed by atoms with Gasteiger partial charge in [0.2, 0.25) is 0 Å². The molecule has 0 aromatic rings. The molecule has 0 spiro atoms. The molecule has 0 aliphatic carbocycles. The van der Waals surface area contributed by atoms with Crippen LogP contribution in [0.5, 0.6) is 0 Å². The molecule has 1 heterocycles. The molecular formula is C10H21NO3. The van der Waals surface area contributed by atoms with Crippen molar-refractivity contribution in [3.05, 3.63) is 0 Å². The minimum atomic E-state index is -0.233. The number of β-amino-alcohol motifs (C(OH)–C–C–N with tert-alkyl or cyclic N) is 1. The third-order valence-electron chi connectivity index (χ3n) is 2.84. The molecule has 3 unspecified atom stereocenters. The molecule has 1 fully saturated rings. The zero-order chi connectivity index (χ0) is 10.6. The standard InChI is InChI=1S/C10H21NO3/c1-4-8(12)5-11-6-9(13-2)10(7-11)14-3/h8-10,12H,4-7H2,1-3H3. The minimum Gasteiger partial charge on any atom is -0.392 e. The van der Waals surface area contributed by atoms with Gasteiger partial charge < -0.3 is 14.6 Å². The first kappa shape index (κ1) is 11.9. The van der Waals surface area contributed by atoms with Gasteiger partial charge in [-0.25, -0.2) is 0 Å². The maximum absolute atomic E-state index is 9.51. The molecule has 14 heavy (non-hydrogen) atoms. The van der Waals surface area contributed by atoms with E-state index < -0.39 is 0 Å². The van der Waals surface area contributed by atoms with E-state index >= 15 is 0 Å². The summed E-state index contributed by atoms with van der Waals surface area (Å²) in [5.74, 6) is 0. The Balaban J connectivity index is 2.37. The molecule has 1 aliphatic heterocycles. The maximum atomic E-state index is 9.51. The lowest BCUT2D eigenvalue weighted by molar-refractivity contribution is -0.00461. The fraction of sp³-hybridized carbons (Fsp3) is 1.00. The first-order valence-electron chi connectivity index (χ1n) is 5.17. The van der Waals surface area contributed by atoms with Gasteiger partial charge in [0.1, 0.15) is 0 Å². The number of rotatable bonds is 5. The van der Waals surface area contributed by atoms with E-state index in [-0.39, 0.29) is 18.3 Å². The molecule has 4 heteroatoms. The van der Waals surface area contributed by atoms with E-state index in [2.05, 4.69) is 4.90 Å². The highest BCUT2D eigenvalue weighted by Crippen LogP contribution is 2.16. The number of ether oxygens (including phenoxy) is 2. The Morgan fingerprint density at radius 1 is 1.29 bits per heavy atom. The van der Waals surface area contributed by atoms with Crippen molar-refractivity contribution in [1.29, 1.82) is 0 Å². The fourth-order valence-electron chi connectivity index (χ4n) is 1.85. The second-order valence-corrected chi connectivity index (χ2v) is 3.83. The van der Waals surface area contributed by atoms with Crippen LogP contribution in [0.1, 0.15) is 13.3 Å². The molecule has 0 radical (unpaired) electrons. The first-order valence-corrected chi connectivity index (χ1v) is 5.17. The summed E-state index contributed by atoms with van der Waals surface area (Å²) < 4.78 is 10.6. The topological polar surface area (TPSA) is 41.9 Å². The minimum absolute atomic E-state index is 0.143. The summed E-state index contributed by atoms with van der Waals surface area (Å²) in [6.45, 7) is 4.41. The highest BCUT2D eigenvalue weighted by molar-refractivity contribution is 4.86. The number of hydrogen-bond donors (Lipinski definition) is 1. The summed E-state index contributed by atoms with van der Waals surface area (Å²) in [5.41, 5.74) is 0. The zero-order valence-corrected chi connectivity index (χ0v) is 9.27. The molecule has 1 aliphatic rings. The van der Waals surface area contributed by atoms with Crippen LogP contribution in [0.25, 0.3) is 0 Å². The van der Waals surface area contributed by atoms with Crippen LogP contribution in [0.15, 0.2) is 0 Å². The lowest BCUT2D eigenvalue weighted by Gasteiger charge is -2.18. The number of aliphatic hydroxyl groups excluding tert-OH is 1. The van der Waals surface area contributed by atoms with Crippen LogP contribution in [-0.2, 0) is 9.47 Å². The van der Waals surface area contributed by atoms with E-state index in [0.717, 1.165) is 26.1 Å². The van der Waals surface area contributed by atoms with Crippen LogP contribution in [0.4, 0.5) is 0 Å². The summed E-state index contributed by atoms with van der Waals surface area (Å²) in [7, 11) is 3.41. The van der Waals surface area contributed by atoms with E-state index in [1.54, 1.807) is 14.2 Å². The average Bonchev–Trinajstić information content (AvgIpc) is 2.59. The second-order valence-electron chi connectivity index (χ2n) is 3.83. The molecule has 0 aromatic heterocycles. The van der Waals surface area contributed by atoms with Crippen LogP contribution in [0.2, 0.25) is 0 Å². The van der Waals surface area contributed by atoms with Gasteiger partial charge in [-0.3, -0.25) is 4.90 Å². The highest BCUT2D eigenvalue weighted by Gasteiger charge is 2.33. The Kier molecular flexibility index (Phi) is 4.81. The van der Waals surface area contributed by atoms with Gasteiger partial charge in [0.05, 0.1) is 18.3 Å². The van der Waals surface area contributed by atoms with E-state index in [1.165, 1.54) is 0 Å². The fourth-order valence-corrected chi connectivity index (χ4v) is 1.85. The monoisotopic (exact) mass is 203 g/mol. The highest BCUT2D eigenvalue weighted by atomic mass is 16.5. The molecule has 0 saturated carbocycles. The van der Waals surface area contributed by atoms with Crippen molar-refractivity contribution in [3.63, 3.8) is 0 Å². The molecule has 1 N–H and O–H groups in total. The number of likely N-dealkylation sites (tertiary alicyclic amines) is 1. The van der Waals surface area contributed by atoms with Crippen molar-refractivity contribution in [3.8, 4) is 0 Å². The van der Waals surface area contributed by atoms with E-state index in [1.807, 2.05) is 6.92 Å². The molecule has 0 aromatic carbocycles. The van der Waals surface area contributed by atoms with Gasteiger partial charge in [-0.05, 0) is 6.42 Å². The summed E-state index contributed by atoms with van der Waals surface area (Å²) >= 11 is 0. The normalized spacial score (nSPS) is 30.9. The number of nitrogens with zero attached hydrogens (tertiary/aromatic N) is 1. The smallest absolute Gasteiger partial charge is 0.0971 e. The summed E-state index contributed by atoms with van der Waals surface area (Å²) in [6, 6.07) is 0. The predicted octanol–water partition coefficient (Wildman–Crippen LogP) is 0.103. The molecule has 1 rings (SSSR count). The van der Waals surface area contributed by atoms with Crippen molar-refractivity contribution >= 4 is 0 Å². The van der Waals surface area contributed by atoms with Gasteiger partial charge in [0.15, 0.2) is 0 Å². The van der Waals surface area contributed by atoms with Crippen molar-refractivity contribution in [2.75, 3.05) is 33.9 Å².